The van der Waals surface area contributed by atoms with Crippen molar-refractivity contribution in [3.05, 3.63) is 59.4 Å². The van der Waals surface area contributed by atoms with Crippen LogP contribution in [-0.2, 0) is 6.42 Å². The van der Waals surface area contributed by atoms with Gasteiger partial charge in [0.05, 0.1) is 11.0 Å². The maximum atomic E-state index is 10.6. The molecule has 0 saturated carbocycles. The minimum absolute atomic E-state index is 0.0132. The molecule has 0 bridgehead atoms. The number of allylic oxidation sites excluding steroid dienone is 4. The fourth-order valence-electron chi connectivity index (χ4n) is 3.86. The third kappa shape index (κ3) is 2.11. The molecule has 0 fully saturated rings. The second-order valence-corrected chi connectivity index (χ2v) is 7.81. The van der Waals surface area contributed by atoms with Crippen molar-refractivity contribution in [3.8, 4) is 17.2 Å². The number of hydrogen-bond donors (Lipinski definition) is 2. The Labute approximate surface area is 151 Å². The summed E-state index contributed by atoms with van der Waals surface area (Å²) in [5.74, 6) is 0.817. The third-order valence-corrected chi connectivity index (χ3v) is 5.28. The minimum atomic E-state index is -0.205. The maximum Gasteiger partial charge on any atom is 0.202 e. The summed E-state index contributed by atoms with van der Waals surface area (Å²) in [6.07, 6.45) is 5.71. The van der Waals surface area contributed by atoms with Crippen LogP contribution in [0.15, 0.2) is 53.8 Å². The molecule has 0 unspecified atom stereocenters. The van der Waals surface area contributed by atoms with Gasteiger partial charge in [-0.15, -0.1) is 0 Å². The van der Waals surface area contributed by atoms with Crippen molar-refractivity contribution in [1.82, 2.24) is 4.98 Å². The first-order valence-corrected chi connectivity index (χ1v) is 8.78. The summed E-state index contributed by atoms with van der Waals surface area (Å²) >= 11 is 0. The van der Waals surface area contributed by atoms with Crippen LogP contribution in [0, 0.1) is 5.41 Å². The molecule has 4 nitrogen and oxygen atoms in total. The van der Waals surface area contributed by atoms with Crippen LogP contribution in [0.1, 0.15) is 25.8 Å². The molecule has 0 amide bonds. The van der Waals surface area contributed by atoms with Gasteiger partial charge in [0.2, 0.25) is 5.75 Å². The summed E-state index contributed by atoms with van der Waals surface area (Å²) in [6.45, 7) is 4.30. The van der Waals surface area contributed by atoms with E-state index in [1.165, 1.54) is 0 Å². The number of nitrogens with zero attached hydrogens (tertiary/aromatic N) is 1. The van der Waals surface area contributed by atoms with Crippen molar-refractivity contribution < 1.29 is 14.9 Å². The summed E-state index contributed by atoms with van der Waals surface area (Å²) in [4.78, 5) is 4.76. The molecular formula is C22H19NO3. The van der Waals surface area contributed by atoms with Gasteiger partial charge in [-0.2, -0.15) is 0 Å². The number of aromatic nitrogens is 1. The lowest BCUT2D eigenvalue weighted by atomic mass is 9.80. The van der Waals surface area contributed by atoms with Crippen LogP contribution in [-0.4, -0.2) is 15.2 Å². The lowest BCUT2D eigenvalue weighted by Crippen LogP contribution is -2.20. The van der Waals surface area contributed by atoms with E-state index in [4.69, 9.17) is 9.72 Å². The molecule has 1 aliphatic heterocycles. The first-order valence-electron chi connectivity index (χ1n) is 8.78. The average Bonchev–Trinajstić information content (AvgIpc) is 2.63. The zero-order valence-corrected chi connectivity index (χ0v) is 14.7. The lowest BCUT2D eigenvalue weighted by molar-refractivity contribution is 0.302. The summed E-state index contributed by atoms with van der Waals surface area (Å²) in [6, 6.07) is 9.64. The Bertz CT molecular complexity index is 1160. The number of aromatic hydroxyl groups is 2. The van der Waals surface area contributed by atoms with Crippen LogP contribution in [0.5, 0.6) is 17.2 Å². The fraction of sp³-hybridized carbons (Fsp3) is 0.227. The van der Waals surface area contributed by atoms with Gasteiger partial charge in [0, 0.05) is 29.2 Å². The molecule has 4 heteroatoms. The number of fused-ring (bicyclic) bond motifs is 4. The molecule has 3 aromatic rings. The smallest absolute Gasteiger partial charge is 0.202 e. The molecule has 130 valence electrons. The first kappa shape index (κ1) is 15.3. The van der Waals surface area contributed by atoms with Crippen molar-refractivity contribution in [2.24, 2.45) is 5.41 Å². The van der Waals surface area contributed by atoms with Crippen molar-refractivity contribution >= 4 is 21.8 Å². The number of ether oxygens (including phenoxy) is 1. The van der Waals surface area contributed by atoms with E-state index in [0.717, 1.165) is 34.2 Å². The van der Waals surface area contributed by atoms with E-state index in [9.17, 15) is 10.2 Å². The molecule has 26 heavy (non-hydrogen) atoms. The van der Waals surface area contributed by atoms with E-state index < -0.39 is 0 Å². The van der Waals surface area contributed by atoms with E-state index in [2.05, 4.69) is 26.0 Å². The molecule has 2 N–H and O–H groups in total. The number of phenols is 2. The second-order valence-electron chi connectivity index (χ2n) is 7.81. The molecule has 0 atom stereocenters. The molecule has 0 saturated heterocycles. The molecule has 2 aromatic carbocycles. The summed E-state index contributed by atoms with van der Waals surface area (Å²) in [5, 5.41) is 22.6. The molecule has 0 spiro atoms. The number of pyridine rings is 1. The average molecular weight is 345 g/mol. The predicted molar refractivity (Wildman–Crippen MR) is 101 cm³/mol. The van der Waals surface area contributed by atoms with E-state index in [0.29, 0.717) is 23.1 Å². The zero-order valence-electron chi connectivity index (χ0n) is 14.7. The third-order valence-electron chi connectivity index (χ3n) is 5.28. The number of phenolic OH excluding ortho intramolecular Hbond substituents is 2. The quantitative estimate of drug-likeness (QED) is 0.446. The fourth-order valence-corrected chi connectivity index (χ4v) is 3.86. The maximum absolute atomic E-state index is 10.6. The first-order chi connectivity index (χ1) is 12.4. The molecule has 5 rings (SSSR count). The van der Waals surface area contributed by atoms with Crippen LogP contribution in [0.2, 0.25) is 0 Å². The molecule has 1 aliphatic carbocycles. The van der Waals surface area contributed by atoms with E-state index in [-0.39, 0.29) is 16.9 Å². The van der Waals surface area contributed by atoms with Crippen molar-refractivity contribution in [2.75, 3.05) is 0 Å². The van der Waals surface area contributed by atoms with Crippen LogP contribution < -0.4 is 4.74 Å². The number of para-hydroxylation sites is 1. The van der Waals surface area contributed by atoms with E-state index >= 15 is 0 Å². The van der Waals surface area contributed by atoms with Gasteiger partial charge in [0.15, 0.2) is 11.5 Å². The zero-order chi connectivity index (χ0) is 18.1. The lowest BCUT2D eigenvalue weighted by Gasteiger charge is -2.32. The van der Waals surface area contributed by atoms with Gasteiger partial charge in [0.1, 0.15) is 5.76 Å². The van der Waals surface area contributed by atoms with Gasteiger partial charge in [0.25, 0.3) is 0 Å². The number of hydrogen-bond acceptors (Lipinski definition) is 4. The number of rotatable bonds is 0. The Morgan fingerprint density at radius 1 is 1.12 bits per heavy atom. The predicted octanol–water partition coefficient (Wildman–Crippen LogP) is 4.97. The van der Waals surface area contributed by atoms with Gasteiger partial charge in [-0.25, -0.2) is 4.98 Å². The van der Waals surface area contributed by atoms with Crippen molar-refractivity contribution in [3.63, 3.8) is 0 Å². The van der Waals surface area contributed by atoms with Gasteiger partial charge in [-0.3, -0.25) is 0 Å². The van der Waals surface area contributed by atoms with E-state index in [1.54, 1.807) is 0 Å². The van der Waals surface area contributed by atoms with Crippen molar-refractivity contribution in [2.45, 2.75) is 26.7 Å². The Hall–Kier alpha value is -3.01. The van der Waals surface area contributed by atoms with Crippen LogP contribution >= 0.6 is 0 Å². The van der Waals surface area contributed by atoms with Crippen LogP contribution in [0.4, 0.5) is 0 Å². The monoisotopic (exact) mass is 345 g/mol. The Kier molecular flexibility index (Phi) is 2.94. The highest BCUT2D eigenvalue weighted by Gasteiger charge is 2.32. The molecule has 1 aromatic heterocycles. The number of benzene rings is 2. The van der Waals surface area contributed by atoms with Gasteiger partial charge in [-0.1, -0.05) is 44.2 Å². The summed E-state index contributed by atoms with van der Waals surface area (Å²) < 4.78 is 6.08. The SMILES string of the molecule is CC1(C)C=CC2=C(C1)Oc1c(O)c(O)c3cc4ccccc4nc3c1C2. The Balaban J connectivity index is 1.78. The summed E-state index contributed by atoms with van der Waals surface area (Å²) in [7, 11) is 0. The normalized spacial score (nSPS) is 17.9. The standard InChI is InChI=1S/C22H19NO3/c1-22(2)8-7-13-10-15-18-14(9-12-5-3-4-6-16(12)23-18)19(24)20(25)21(15)26-17(13)11-22/h3-9,24-25H,10-11H2,1-2H3. The van der Waals surface area contributed by atoms with Crippen molar-refractivity contribution in [1.29, 1.82) is 0 Å². The Morgan fingerprint density at radius 2 is 1.92 bits per heavy atom. The minimum Gasteiger partial charge on any atom is -0.504 e. The highest BCUT2D eigenvalue weighted by atomic mass is 16.5. The van der Waals surface area contributed by atoms with Gasteiger partial charge in [-0.05, 0) is 23.1 Å². The molecule has 0 radical (unpaired) electrons. The molecule has 2 heterocycles. The Morgan fingerprint density at radius 3 is 2.77 bits per heavy atom. The van der Waals surface area contributed by atoms with Crippen LogP contribution in [0.3, 0.4) is 0 Å². The highest BCUT2D eigenvalue weighted by molar-refractivity contribution is 6.00. The summed E-state index contributed by atoms with van der Waals surface area (Å²) in [5.41, 5.74) is 3.48. The molecular weight excluding hydrogens is 326 g/mol. The van der Waals surface area contributed by atoms with Gasteiger partial charge >= 0.3 is 0 Å². The van der Waals surface area contributed by atoms with Crippen LogP contribution in [0.25, 0.3) is 21.8 Å². The van der Waals surface area contributed by atoms with Gasteiger partial charge < -0.3 is 14.9 Å². The second kappa shape index (κ2) is 5.01. The highest BCUT2D eigenvalue weighted by Crippen LogP contribution is 2.50. The van der Waals surface area contributed by atoms with E-state index in [1.807, 2.05) is 30.3 Å². The molecule has 2 aliphatic rings. The topological polar surface area (TPSA) is 62.6 Å². The largest absolute Gasteiger partial charge is 0.504 e.